The first-order chi connectivity index (χ1) is 9.13. The number of hydrogen-bond donors (Lipinski definition) is 2. The SMILES string of the molecule is O=C(O)[C@@H]1C2C=CC(C2)[C@@H]1C(=O)N1CCC[C@@H]1CO. The molecule has 5 heteroatoms. The first-order valence-electron chi connectivity index (χ1n) is 6.96. The van der Waals surface area contributed by atoms with Crippen LogP contribution in [-0.4, -0.2) is 46.2 Å². The number of rotatable bonds is 3. The molecule has 2 unspecified atom stereocenters. The van der Waals surface area contributed by atoms with Crippen molar-refractivity contribution in [1.82, 2.24) is 4.90 Å². The molecule has 2 N–H and O–H groups in total. The van der Waals surface area contributed by atoms with Crippen LogP contribution in [0, 0.1) is 23.7 Å². The number of amides is 1. The number of allylic oxidation sites excluding steroid dienone is 2. The van der Waals surface area contributed by atoms with E-state index >= 15 is 0 Å². The van der Waals surface area contributed by atoms with Gasteiger partial charge in [-0.05, 0) is 31.1 Å². The van der Waals surface area contributed by atoms with Crippen LogP contribution < -0.4 is 0 Å². The second kappa shape index (κ2) is 4.63. The molecule has 1 heterocycles. The third-order valence-corrected chi connectivity index (χ3v) is 4.90. The Labute approximate surface area is 111 Å². The Kier molecular flexibility index (Phi) is 3.09. The Morgan fingerprint density at radius 1 is 1.21 bits per heavy atom. The molecule has 3 aliphatic rings. The minimum absolute atomic E-state index is 0.00614. The molecular formula is C14H19NO4. The lowest BCUT2D eigenvalue weighted by Gasteiger charge is -2.31. The van der Waals surface area contributed by atoms with Crippen molar-refractivity contribution in [3.05, 3.63) is 12.2 Å². The minimum Gasteiger partial charge on any atom is -0.481 e. The molecule has 1 saturated heterocycles. The number of aliphatic hydroxyl groups excluding tert-OH is 1. The summed E-state index contributed by atoms with van der Waals surface area (Å²) in [6, 6.07) is -0.120. The number of carboxylic acids is 1. The van der Waals surface area contributed by atoms with Gasteiger partial charge in [0.05, 0.1) is 24.5 Å². The van der Waals surface area contributed by atoms with Gasteiger partial charge in [-0.1, -0.05) is 12.2 Å². The summed E-state index contributed by atoms with van der Waals surface area (Å²) in [5.74, 6) is -1.87. The molecule has 2 aliphatic carbocycles. The molecule has 1 aliphatic heterocycles. The van der Waals surface area contributed by atoms with Gasteiger partial charge >= 0.3 is 5.97 Å². The van der Waals surface area contributed by atoms with E-state index in [1.807, 2.05) is 12.2 Å². The van der Waals surface area contributed by atoms with Crippen LogP contribution in [0.5, 0.6) is 0 Å². The van der Waals surface area contributed by atoms with E-state index in [1.165, 1.54) is 0 Å². The fourth-order valence-electron chi connectivity index (χ4n) is 4.00. The van der Waals surface area contributed by atoms with Gasteiger partial charge in [0.1, 0.15) is 0 Å². The van der Waals surface area contributed by atoms with Gasteiger partial charge in [-0.15, -0.1) is 0 Å². The molecule has 3 rings (SSSR count). The number of carboxylic acid groups (broad SMARTS) is 1. The van der Waals surface area contributed by atoms with Crippen molar-refractivity contribution in [2.45, 2.75) is 25.3 Å². The van der Waals surface area contributed by atoms with Crippen LogP contribution in [0.2, 0.25) is 0 Å². The molecule has 5 nitrogen and oxygen atoms in total. The first-order valence-corrected chi connectivity index (χ1v) is 6.96. The van der Waals surface area contributed by atoms with Gasteiger partial charge in [-0.3, -0.25) is 9.59 Å². The van der Waals surface area contributed by atoms with Crippen LogP contribution in [-0.2, 0) is 9.59 Å². The van der Waals surface area contributed by atoms with Gasteiger partial charge in [0.2, 0.25) is 5.91 Å². The van der Waals surface area contributed by atoms with Crippen molar-refractivity contribution in [2.24, 2.45) is 23.7 Å². The van der Waals surface area contributed by atoms with Crippen molar-refractivity contribution >= 4 is 11.9 Å². The van der Waals surface area contributed by atoms with Gasteiger partial charge in [-0.2, -0.15) is 0 Å². The average Bonchev–Trinajstić information content (AvgIpc) is 3.10. The van der Waals surface area contributed by atoms with E-state index in [0.29, 0.717) is 6.54 Å². The fourth-order valence-corrected chi connectivity index (χ4v) is 4.00. The van der Waals surface area contributed by atoms with E-state index in [-0.39, 0.29) is 30.4 Å². The number of fused-ring (bicyclic) bond motifs is 2. The van der Waals surface area contributed by atoms with Crippen molar-refractivity contribution < 1.29 is 19.8 Å². The molecule has 104 valence electrons. The lowest BCUT2D eigenvalue weighted by atomic mass is 9.82. The summed E-state index contributed by atoms with van der Waals surface area (Å²) >= 11 is 0. The quantitative estimate of drug-likeness (QED) is 0.728. The van der Waals surface area contributed by atoms with E-state index < -0.39 is 17.8 Å². The van der Waals surface area contributed by atoms with Crippen molar-refractivity contribution in [1.29, 1.82) is 0 Å². The number of aliphatic hydroxyl groups is 1. The Bertz CT molecular complexity index is 433. The van der Waals surface area contributed by atoms with Crippen LogP contribution in [0.4, 0.5) is 0 Å². The van der Waals surface area contributed by atoms with Crippen molar-refractivity contribution in [3.63, 3.8) is 0 Å². The Balaban J connectivity index is 1.83. The lowest BCUT2D eigenvalue weighted by Crippen LogP contribution is -2.46. The number of aliphatic carboxylic acids is 1. The molecule has 5 atom stereocenters. The zero-order valence-corrected chi connectivity index (χ0v) is 10.7. The number of carbonyl (C=O) groups excluding carboxylic acids is 1. The summed E-state index contributed by atoms with van der Waals surface area (Å²) < 4.78 is 0. The molecule has 0 radical (unpaired) electrons. The average molecular weight is 265 g/mol. The predicted molar refractivity (Wildman–Crippen MR) is 67.2 cm³/mol. The fraction of sp³-hybridized carbons (Fsp3) is 0.714. The smallest absolute Gasteiger partial charge is 0.307 e. The van der Waals surface area contributed by atoms with Crippen LogP contribution in [0.25, 0.3) is 0 Å². The van der Waals surface area contributed by atoms with Gasteiger partial charge in [0.15, 0.2) is 0 Å². The van der Waals surface area contributed by atoms with Gasteiger partial charge < -0.3 is 15.1 Å². The third kappa shape index (κ3) is 1.87. The normalized spacial score (nSPS) is 40.1. The molecule has 0 aromatic carbocycles. The molecule has 0 aromatic heterocycles. The minimum atomic E-state index is -0.866. The molecule has 1 amide bonds. The van der Waals surface area contributed by atoms with E-state index in [4.69, 9.17) is 0 Å². The van der Waals surface area contributed by atoms with E-state index in [0.717, 1.165) is 19.3 Å². The predicted octanol–water partition coefficient (Wildman–Crippen LogP) is 0.493. The maximum absolute atomic E-state index is 12.6. The van der Waals surface area contributed by atoms with Gasteiger partial charge in [0.25, 0.3) is 0 Å². The van der Waals surface area contributed by atoms with Gasteiger partial charge in [0, 0.05) is 6.54 Å². The number of nitrogens with zero attached hydrogens (tertiary/aromatic N) is 1. The third-order valence-electron chi connectivity index (χ3n) is 4.90. The van der Waals surface area contributed by atoms with E-state index in [2.05, 4.69) is 0 Å². The van der Waals surface area contributed by atoms with E-state index in [1.54, 1.807) is 4.90 Å². The molecule has 2 fully saturated rings. The van der Waals surface area contributed by atoms with Crippen LogP contribution >= 0.6 is 0 Å². The second-order valence-electron chi connectivity index (χ2n) is 5.85. The molecular weight excluding hydrogens is 246 g/mol. The molecule has 0 spiro atoms. The van der Waals surface area contributed by atoms with Crippen LogP contribution in [0.15, 0.2) is 12.2 Å². The Morgan fingerprint density at radius 2 is 1.89 bits per heavy atom. The zero-order chi connectivity index (χ0) is 13.6. The number of likely N-dealkylation sites (tertiary alicyclic amines) is 1. The van der Waals surface area contributed by atoms with Crippen LogP contribution in [0.1, 0.15) is 19.3 Å². The lowest BCUT2D eigenvalue weighted by molar-refractivity contribution is -0.151. The summed E-state index contributed by atoms with van der Waals surface area (Å²) in [5.41, 5.74) is 0. The molecule has 0 aromatic rings. The summed E-state index contributed by atoms with van der Waals surface area (Å²) in [7, 11) is 0. The summed E-state index contributed by atoms with van der Waals surface area (Å²) in [6.45, 7) is 0.619. The monoisotopic (exact) mass is 265 g/mol. The molecule has 1 saturated carbocycles. The van der Waals surface area contributed by atoms with E-state index in [9.17, 15) is 19.8 Å². The topological polar surface area (TPSA) is 77.8 Å². The molecule has 2 bridgehead atoms. The molecule has 19 heavy (non-hydrogen) atoms. The second-order valence-corrected chi connectivity index (χ2v) is 5.85. The van der Waals surface area contributed by atoms with Crippen LogP contribution in [0.3, 0.4) is 0 Å². The Hall–Kier alpha value is -1.36. The standard InChI is InChI=1S/C14H19NO4/c16-7-10-2-1-5-15(10)13(17)11-8-3-4-9(6-8)12(11)14(18)19/h3-4,8-12,16H,1-2,5-7H2,(H,18,19)/t8?,9?,10-,11+,12-/m1/s1. The largest absolute Gasteiger partial charge is 0.481 e. The summed E-state index contributed by atoms with van der Waals surface area (Å²) in [6.07, 6.45) is 6.43. The van der Waals surface area contributed by atoms with Crippen molar-refractivity contribution in [2.75, 3.05) is 13.2 Å². The highest BCUT2D eigenvalue weighted by Crippen LogP contribution is 2.49. The highest BCUT2D eigenvalue weighted by molar-refractivity contribution is 5.87. The Morgan fingerprint density at radius 3 is 2.53 bits per heavy atom. The zero-order valence-electron chi connectivity index (χ0n) is 10.7. The number of hydrogen-bond acceptors (Lipinski definition) is 3. The van der Waals surface area contributed by atoms with Gasteiger partial charge in [-0.25, -0.2) is 0 Å². The maximum atomic E-state index is 12.6. The summed E-state index contributed by atoms with van der Waals surface area (Å²) in [4.78, 5) is 25.8. The summed E-state index contributed by atoms with van der Waals surface area (Å²) in [5, 5.41) is 18.7. The first kappa shape index (κ1) is 12.7. The van der Waals surface area contributed by atoms with Crippen molar-refractivity contribution in [3.8, 4) is 0 Å². The number of carbonyl (C=O) groups is 2. The maximum Gasteiger partial charge on any atom is 0.307 e. The highest BCUT2D eigenvalue weighted by atomic mass is 16.4. The highest BCUT2D eigenvalue weighted by Gasteiger charge is 2.53.